The van der Waals surface area contributed by atoms with Crippen LogP contribution in [0.25, 0.3) is 28.1 Å². The Morgan fingerprint density at radius 1 is 0.931 bits per heavy atom. The van der Waals surface area contributed by atoms with Gasteiger partial charge in [0.15, 0.2) is 0 Å². The number of methoxy groups -OCH3 is 1. The molecule has 0 N–H and O–H groups in total. The van der Waals surface area contributed by atoms with E-state index >= 15 is 0 Å². The maximum absolute atomic E-state index is 9.82. The normalized spacial score (nSPS) is 11.4. The van der Waals surface area contributed by atoms with Gasteiger partial charge in [0.25, 0.3) is 0 Å². The van der Waals surface area contributed by atoms with E-state index in [1.54, 1.807) is 7.11 Å². The summed E-state index contributed by atoms with van der Waals surface area (Å²) < 4.78 is 7.46. The van der Waals surface area contributed by atoms with Crippen molar-refractivity contribution in [3.8, 4) is 17.5 Å². The van der Waals surface area contributed by atoms with Gasteiger partial charge in [-0.15, -0.1) is 0 Å². The molecule has 4 aromatic rings. The largest absolute Gasteiger partial charge is 0.497 e. The Labute approximate surface area is 171 Å². The summed E-state index contributed by atoms with van der Waals surface area (Å²) in [6.45, 7) is 4.16. The van der Waals surface area contributed by atoms with E-state index in [2.05, 4.69) is 54.8 Å². The van der Waals surface area contributed by atoms with Crippen molar-refractivity contribution in [2.75, 3.05) is 7.11 Å². The second-order valence-corrected chi connectivity index (χ2v) is 7.09. The third-order valence-electron chi connectivity index (χ3n) is 5.28. The summed E-state index contributed by atoms with van der Waals surface area (Å²) in [6, 6.07) is 26.9. The minimum absolute atomic E-state index is 0.658. The van der Waals surface area contributed by atoms with Gasteiger partial charge in [-0.1, -0.05) is 36.4 Å². The number of nitriles is 1. The predicted molar refractivity (Wildman–Crippen MR) is 119 cm³/mol. The number of aryl methyl sites for hydroxylation is 1. The van der Waals surface area contributed by atoms with Gasteiger partial charge < -0.3 is 9.30 Å². The highest BCUT2D eigenvalue weighted by Gasteiger charge is 2.11. The Hall–Kier alpha value is -3.77. The first kappa shape index (κ1) is 18.6. The lowest BCUT2D eigenvalue weighted by molar-refractivity contribution is 0.414. The summed E-state index contributed by atoms with van der Waals surface area (Å²) in [4.78, 5) is 0. The van der Waals surface area contributed by atoms with E-state index in [0.29, 0.717) is 5.57 Å². The fourth-order valence-electron chi connectivity index (χ4n) is 3.75. The van der Waals surface area contributed by atoms with Gasteiger partial charge in [-0.3, -0.25) is 0 Å². The molecule has 0 bridgehead atoms. The fourth-order valence-corrected chi connectivity index (χ4v) is 3.75. The number of fused-ring (bicyclic) bond motifs is 1. The lowest BCUT2D eigenvalue weighted by Gasteiger charge is -2.10. The van der Waals surface area contributed by atoms with Crippen LogP contribution in [0.3, 0.4) is 0 Å². The van der Waals surface area contributed by atoms with Crippen molar-refractivity contribution < 1.29 is 4.74 Å². The van der Waals surface area contributed by atoms with Gasteiger partial charge in [0.1, 0.15) is 5.75 Å². The van der Waals surface area contributed by atoms with Crippen molar-refractivity contribution in [1.82, 2.24) is 4.57 Å². The topological polar surface area (TPSA) is 38.0 Å². The SMILES string of the molecule is COc1ccc(-n2c(C)cc(/C=C(/C#N)c3ccc4ccccc4c3)c2C)cc1. The molecule has 0 amide bonds. The van der Waals surface area contributed by atoms with Gasteiger partial charge in [0, 0.05) is 17.1 Å². The number of nitrogens with zero attached hydrogens (tertiary/aromatic N) is 2. The second-order valence-electron chi connectivity index (χ2n) is 7.09. The Morgan fingerprint density at radius 3 is 2.34 bits per heavy atom. The quantitative estimate of drug-likeness (QED) is 0.390. The van der Waals surface area contributed by atoms with Crippen LogP contribution >= 0.6 is 0 Å². The first-order valence-electron chi connectivity index (χ1n) is 9.55. The Morgan fingerprint density at radius 2 is 1.66 bits per heavy atom. The summed E-state index contributed by atoms with van der Waals surface area (Å²) >= 11 is 0. The highest BCUT2D eigenvalue weighted by Crippen LogP contribution is 2.27. The molecule has 0 fully saturated rings. The van der Waals surface area contributed by atoms with E-state index in [-0.39, 0.29) is 0 Å². The van der Waals surface area contributed by atoms with E-state index < -0.39 is 0 Å². The predicted octanol–water partition coefficient (Wildman–Crippen LogP) is 6.32. The zero-order valence-corrected chi connectivity index (χ0v) is 16.8. The Kier molecular flexibility index (Phi) is 4.93. The van der Waals surface area contributed by atoms with Crippen LogP contribution < -0.4 is 4.74 Å². The van der Waals surface area contributed by atoms with Crippen molar-refractivity contribution >= 4 is 22.4 Å². The van der Waals surface area contributed by atoms with Gasteiger partial charge in [0.05, 0.1) is 18.8 Å². The molecular formula is C26H22N2O. The Balaban J connectivity index is 1.76. The molecule has 1 aromatic heterocycles. The summed E-state index contributed by atoms with van der Waals surface area (Å²) in [5.41, 5.74) is 5.93. The molecule has 4 rings (SSSR count). The summed E-state index contributed by atoms with van der Waals surface area (Å²) in [6.07, 6.45) is 1.98. The van der Waals surface area contributed by atoms with Crippen LogP contribution in [0.1, 0.15) is 22.5 Å². The molecule has 0 saturated carbocycles. The zero-order valence-electron chi connectivity index (χ0n) is 16.8. The molecule has 0 atom stereocenters. The summed E-state index contributed by atoms with van der Waals surface area (Å²) in [5, 5.41) is 12.1. The molecule has 0 saturated heterocycles. The molecule has 3 heteroatoms. The number of hydrogen-bond donors (Lipinski definition) is 0. The van der Waals surface area contributed by atoms with Gasteiger partial charge in [-0.2, -0.15) is 5.26 Å². The van der Waals surface area contributed by atoms with Gasteiger partial charge >= 0.3 is 0 Å². The number of ether oxygens (including phenoxy) is 1. The van der Waals surface area contributed by atoms with Gasteiger partial charge in [0.2, 0.25) is 0 Å². The molecule has 142 valence electrons. The van der Waals surface area contributed by atoms with E-state index in [1.807, 2.05) is 48.5 Å². The standard InChI is InChI=1S/C26H22N2O/c1-18-14-23(19(2)28(18)25-10-12-26(29-3)13-11-25)16-24(17-27)22-9-8-20-6-4-5-7-21(20)15-22/h4-16H,1-3H3/b24-16-. The molecule has 0 unspecified atom stereocenters. The van der Waals surface area contributed by atoms with Crippen LogP contribution in [0.4, 0.5) is 0 Å². The molecule has 3 aromatic carbocycles. The van der Waals surface area contributed by atoms with Gasteiger partial charge in [-0.05, 0) is 78.2 Å². The second kappa shape index (κ2) is 7.69. The third-order valence-corrected chi connectivity index (χ3v) is 5.28. The molecule has 0 aliphatic heterocycles. The average molecular weight is 378 g/mol. The van der Waals surface area contributed by atoms with Crippen molar-refractivity contribution in [1.29, 1.82) is 5.26 Å². The molecule has 0 aliphatic rings. The van der Waals surface area contributed by atoms with E-state index in [9.17, 15) is 5.26 Å². The third kappa shape index (κ3) is 3.53. The molecule has 0 radical (unpaired) electrons. The number of benzene rings is 3. The molecule has 29 heavy (non-hydrogen) atoms. The van der Waals surface area contributed by atoms with Crippen LogP contribution in [0.5, 0.6) is 5.75 Å². The van der Waals surface area contributed by atoms with E-state index in [1.165, 1.54) is 5.39 Å². The number of allylic oxidation sites excluding steroid dienone is 1. The maximum atomic E-state index is 9.82. The van der Waals surface area contributed by atoms with Crippen LogP contribution in [0, 0.1) is 25.2 Å². The van der Waals surface area contributed by atoms with Gasteiger partial charge in [-0.25, -0.2) is 0 Å². The monoisotopic (exact) mass is 378 g/mol. The molecule has 0 aliphatic carbocycles. The lowest BCUT2D eigenvalue weighted by atomic mass is 10.0. The molecular weight excluding hydrogens is 356 g/mol. The fraction of sp³-hybridized carbons (Fsp3) is 0.115. The maximum Gasteiger partial charge on any atom is 0.119 e. The van der Waals surface area contributed by atoms with Crippen LogP contribution in [-0.4, -0.2) is 11.7 Å². The molecule has 1 heterocycles. The average Bonchev–Trinajstić information content (AvgIpc) is 3.04. The highest BCUT2D eigenvalue weighted by molar-refractivity contribution is 5.94. The number of aromatic nitrogens is 1. The minimum atomic E-state index is 0.658. The van der Waals surface area contributed by atoms with Crippen molar-refractivity contribution in [3.63, 3.8) is 0 Å². The first-order valence-corrected chi connectivity index (χ1v) is 9.55. The molecule has 0 spiro atoms. The highest BCUT2D eigenvalue weighted by atomic mass is 16.5. The smallest absolute Gasteiger partial charge is 0.119 e. The zero-order chi connectivity index (χ0) is 20.4. The van der Waals surface area contributed by atoms with Crippen LogP contribution in [-0.2, 0) is 0 Å². The lowest BCUT2D eigenvalue weighted by Crippen LogP contribution is -1.99. The van der Waals surface area contributed by atoms with Crippen LogP contribution in [0.2, 0.25) is 0 Å². The van der Waals surface area contributed by atoms with E-state index in [0.717, 1.165) is 39.3 Å². The van der Waals surface area contributed by atoms with E-state index in [4.69, 9.17) is 4.74 Å². The van der Waals surface area contributed by atoms with Crippen LogP contribution in [0.15, 0.2) is 72.8 Å². The molecule has 3 nitrogen and oxygen atoms in total. The van der Waals surface area contributed by atoms with Crippen molar-refractivity contribution in [3.05, 3.63) is 95.3 Å². The Bertz CT molecular complexity index is 1250. The van der Waals surface area contributed by atoms with Crippen molar-refractivity contribution in [2.45, 2.75) is 13.8 Å². The number of hydrogen-bond acceptors (Lipinski definition) is 2. The minimum Gasteiger partial charge on any atom is -0.497 e. The first-order chi connectivity index (χ1) is 14.1. The summed E-state index contributed by atoms with van der Waals surface area (Å²) in [7, 11) is 1.67. The number of rotatable bonds is 4. The summed E-state index contributed by atoms with van der Waals surface area (Å²) in [5.74, 6) is 0.833. The van der Waals surface area contributed by atoms with Crippen molar-refractivity contribution in [2.24, 2.45) is 0 Å².